The molecule has 1 amide bonds. The topological polar surface area (TPSA) is 55.1 Å². The molecule has 110 valence electrons. The van der Waals surface area contributed by atoms with E-state index in [1.807, 2.05) is 0 Å². The van der Waals surface area contributed by atoms with Crippen molar-refractivity contribution >= 4 is 5.91 Å². The number of nitrogens with two attached hydrogens (primary N) is 1. The summed E-state index contributed by atoms with van der Waals surface area (Å²) in [5.74, 6) is 1.11. The first-order valence-corrected chi connectivity index (χ1v) is 7.99. The molecule has 0 bridgehead atoms. The minimum absolute atomic E-state index is 0.170. The zero-order chi connectivity index (χ0) is 13.9. The van der Waals surface area contributed by atoms with Gasteiger partial charge in [-0.2, -0.15) is 0 Å². The van der Waals surface area contributed by atoms with Crippen LogP contribution in [0.1, 0.15) is 65.2 Å². The van der Waals surface area contributed by atoms with Gasteiger partial charge in [0.2, 0.25) is 5.91 Å². The van der Waals surface area contributed by atoms with Crippen molar-refractivity contribution in [3.8, 4) is 0 Å². The Kier molecular flexibility index (Phi) is 4.88. The predicted molar refractivity (Wildman–Crippen MR) is 78.7 cm³/mol. The zero-order valence-corrected chi connectivity index (χ0v) is 12.6. The fourth-order valence-electron chi connectivity index (χ4n) is 3.52. The lowest BCUT2D eigenvalue weighted by Crippen LogP contribution is -2.40. The van der Waals surface area contributed by atoms with Crippen molar-refractivity contribution in [2.24, 2.45) is 23.0 Å². The highest BCUT2D eigenvalue weighted by Crippen LogP contribution is 2.37. The summed E-state index contributed by atoms with van der Waals surface area (Å²) in [4.78, 5) is 12.1. The van der Waals surface area contributed by atoms with E-state index in [0.717, 1.165) is 32.2 Å². The number of rotatable bonds is 3. The second-order valence-corrected chi connectivity index (χ2v) is 7.48. The minimum atomic E-state index is 0.170. The molecule has 3 heteroatoms. The van der Waals surface area contributed by atoms with E-state index in [-0.39, 0.29) is 17.9 Å². The Morgan fingerprint density at radius 3 is 2.53 bits per heavy atom. The molecule has 0 aromatic rings. The lowest BCUT2D eigenvalue weighted by atomic mass is 9.73. The van der Waals surface area contributed by atoms with Gasteiger partial charge in [-0.15, -0.1) is 0 Å². The van der Waals surface area contributed by atoms with Crippen molar-refractivity contribution in [1.29, 1.82) is 0 Å². The second-order valence-electron chi connectivity index (χ2n) is 7.48. The first kappa shape index (κ1) is 14.8. The van der Waals surface area contributed by atoms with Crippen LogP contribution in [0.3, 0.4) is 0 Å². The predicted octanol–water partition coefficient (Wildman–Crippen LogP) is 2.84. The lowest BCUT2D eigenvalue weighted by molar-refractivity contribution is -0.126. The number of carbonyl (C=O) groups excluding carboxylic acids is 1. The largest absolute Gasteiger partial charge is 0.356 e. The fourth-order valence-corrected chi connectivity index (χ4v) is 3.52. The maximum absolute atomic E-state index is 12.1. The van der Waals surface area contributed by atoms with Gasteiger partial charge in [0, 0.05) is 18.5 Å². The molecule has 3 nitrogen and oxygen atoms in total. The molecule has 2 aliphatic carbocycles. The summed E-state index contributed by atoms with van der Waals surface area (Å²) in [6.07, 6.45) is 9.21. The van der Waals surface area contributed by atoms with E-state index in [1.54, 1.807) is 0 Å². The molecule has 0 aliphatic heterocycles. The lowest BCUT2D eigenvalue weighted by Gasteiger charge is -2.34. The van der Waals surface area contributed by atoms with Crippen LogP contribution in [0.25, 0.3) is 0 Å². The highest BCUT2D eigenvalue weighted by Gasteiger charge is 2.28. The second kappa shape index (κ2) is 6.25. The molecule has 2 rings (SSSR count). The van der Waals surface area contributed by atoms with Gasteiger partial charge in [0.15, 0.2) is 0 Å². The monoisotopic (exact) mass is 266 g/mol. The van der Waals surface area contributed by atoms with Gasteiger partial charge in [0.25, 0.3) is 0 Å². The van der Waals surface area contributed by atoms with Crippen LogP contribution in [-0.4, -0.2) is 18.5 Å². The normalized spacial score (nSPS) is 31.9. The van der Waals surface area contributed by atoms with Crippen molar-refractivity contribution in [3.05, 3.63) is 0 Å². The van der Waals surface area contributed by atoms with Gasteiger partial charge in [-0.1, -0.05) is 20.3 Å². The first-order valence-electron chi connectivity index (χ1n) is 7.99. The number of hydrogen-bond donors (Lipinski definition) is 2. The van der Waals surface area contributed by atoms with E-state index >= 15 is 0 Å². The molecule has 0 radical (unpaired) electrons. The van der Waals surface area contributed by atoms with Crippen molar-refractivity contribution in [1.82, 2.24) is 5.32 Å². The molecule has 2 unspecified atom stereocenters. The van der Waals surface area contributed by atoms with Crippen LogP contribution in [-0.2, 0) is 4.79 Å². The highest BCUT2D eigenvalue weighted by atomic mass is 16.1. The maximum atomic E-state index is 12.1. The summed E-state index contributed by atoms with van der Waals surface area (Å²) < 4.78 is 0. The quantitative estimate of drug-likeness (QED) is 0.825. The number of hydrogen-bond acceptors (Lipinski definition) is 2. The average molecular weight is 266 g/mol. The molecule has 0 saturated heterocycles. The van der Waals surface area contributed by atoms with E-state index in [9.17, 15) is 4.79 Å². The minimum Gasteiger partial charge on any atom is -0.356 e. The molecule has 3 N–H and O–H groups in total. The molecule has 2 fully saturated rings. The van der Waals surface area contributed by atoms with Gasteiger partial charge in [-0.3, -0.25) is 4.79 Å². The first-order chi connectivity index (χ1) is 8.96. The summed E-state index contributed by atoms with van der Waals surface area (Å²) in [6.45, 7) is 5.58. The van der Waals surface area contributed by atoms with E-state index in [0.29, 0.717) is 11.3 Å². The number of nitrogens with one attached hydrogen (secondary N) is 1. The zero-order valence-electron chi connectivity index (χ0n) is 12.6. The van der Waals surface area contributed by atoms with Crippen LogP contribution in [0.4, 0.5) is 0 Å². The maximum Gasteiger partial charge on any atom is 0.223 e. The van der Waals surface area contributed by atoms with Crippen molar-refractivity contribution < 1.29 is 4.79 Å². The summed E-state index contributed by atoms with van der Waals surface area (Å²) in [5.41, 5.74) is 6.46. The van der Waals surface area contributed by atoms with Gasteiger partial charge in [0.1, 0.15) is 0 Å². The van der Waals surface area contributed by atoms with Crippen molar-refractivity contribution in [2.75, 3.05) is 6.54 Å². The third kappa shape index (κ3) is 4.48. The van der Waals surface area contributed by atoms with Crippen molar-refractivity contribution in [2.45, 2.75) is 71.3 Å². The van der Waals surface area contributed by atoms with E-state index < -0.39 is 0 Å². The Morgan fingerprint density at radius 2 is 1.89 bits per heavy atom. The molecule has 2 aliphatic rings. The Morgan fingerprint density at radius 1 is 1.21 bits per heavy atom. The summed E-state index contributed by atoms with van der Waals surface area (Å²) in [6, 6.07) is 0.236. The Labute approximate surface area is 117 Å². The van der Waals surface area contributed by atoms with E-state index in [4.69, 9.17) is 5.73 Å². The Bertz CT molecular complexity index is 304. The van der Waals surface area contributed by atoms with Gasteiger partial charge < -0.3 is 11.1 Å². The van der Waals surface area contributed by atoms with Gasteiger partial charge in [-0.25, -0.2) is 0 Å². The summed E-state index contributed by atoms with van der Waals surface area (Å²) in [5, 5.41) is 3.18. The third-order valence-corrected chi connectivity index (χ3v) is 5.11. The molecule has 2 atom stereocenters. The van der Waals surface area contributed by atoms with Crippen LogP contribution in [0.5, 0.6) is 0 Å². The third-order valence-electron chi connectivity index (χ3n) is 5.11. The van der Waals surface area contributed by atoms with Gasteiger partial charge in [0.05, 0.1) is 0 Å². The van der Waals surface area contributed by atoms with Crippen LogP contribution in [0, 0.1) is 17.3 Å². The average Bonchev–Trinajstić information content (AvgIpc) is 2.37. The molecule has 0 aromatic carbocycles. The van der Waals surface area contributed by atoms with Crippen LogP contribution >= 0.6 is 0 Å². The number of carbonyl (C=O) groups is 1. The van der Waals surface area contributed by atoms with Crippen LogP contribution in [0.2, 0.25) is 0 Å². The number of amides is 1. The highest BCUT2D eigenvalue weighted by molar-refractivity contribution is 5.78. The molecular formula is C16H30N2O. The molecule has 0 heterocycles. The molecule has 0 aromatic heterocycles. The van der Waals surface area contributed by atoms with Gasteiger partial charge >= 0.3 is 0 Å². The van der Waals surface area contributed by atoms with E-state index in [2.05, 4.69) is 19.2 Å². The SMILES string of the molecule is CC1(C)CCC(CNC(=O)C2CCCC(N)C2)CC1. The summed E-state index contributed by atoms with van der Waals surface area (Å²) in [7, 11) is 0. The van der Waals surface area contributed by atoms with Crippen molar-refractivity contribution in [3.63, 3.8) is 0 Å². The molecule has 19 heavy (non-hydrogen) atoms. The molecule has 2 saturated carbocycles. The van der Waals surface area contributed by atoms with E-state index in [1.165, 1.54) is 25.7 Å². The molecule has 0 spiro atoms. The Balaban J connectivity index is 1.69. The standard InChI is InChI=1S/C16H30N2O/c1-16(2)8-6-12(7-9-16)11-18-15(19)13-4-3-5-14(17)10-13/h12-14H,3-11,17H2,1-2H3,(H,18,19). The fraction of sp³-hybridized carbons (Fsp3) is 0.938. The van der Waals surface area contributed by atoms with Gasteiger partial charge in [-0.05, 0) is 56.3 Å². The van der Waals surface area contributed by atoms with Crippen LogP contribution in [0.15, 0.2) is 0 Å². The molecular weight excluding hydrogens is 236 g/mol. The summed E-state index contributed by atoms with van der Waals surface area (Å²) >= 11 is 0. The van der Waals surface area contributed by atoms with Crippen LogP contribution < -0.4 is 11.1 Å². The smallest absolute Gasteiger partial charge is 0.223 e. The Hall–Kier alpha value is -0.570.